The van der Waals surface area contributed by atoms with Crippen LogP contribution in [0.4, 0.5) is 0 Å². The van der Waals surface area contributed by atoms with Crippen molar-refractivity contribution < 1.29 is 9.53 Å². The van der Waals surface area contributed by atoms with Gasteiger partial charge in [0.05, 0.1) is 12.3 Å². The van der Waals surface area contributed by atoms with Crippen LogP contribution in [-0.2, 0) is 6.42 Å². The molecule has 2 rings (SSSR count). The third kappa shape index (κ3) is 5.95. The Morgan fingerprint density at radius 3 is 2.30 bits per heavy atom. The summed E-state index contributed by atoms with van der Waals surface area (Å²) in [6.45, 7) is 9.12. The second-order valence-corrected chi connectivity index (χ2v) is 7.26. The summed E-state index contributed by atoms with van der Waals surface area (Å²) in [6, 6.07) is 7.41. The highest BCUT2D eigenvalue weighted by molar-refractivity contribution is 5.96. The number of hydrogen-bond donors (Lipinski definition) is 0. The lowest BCUT2D eigenvalue weighted by Crippen LogP contribution is -2.15. The summed E-state index contributed by atoms with van der Waals surface area (Å²) >= 11 is 0. The maximum Gasteiger partial charge on any atom is 0.278 e. The number of unbranched alkanes of at least 4 members (excludes halogenated alkanes) is 5. The molecule has 0 spiro atoms. The fraction of sp³-hybridized carbons (Fsp3) is 0.565. The smallest absolute Gasteiger partial charge is 0.278 e. The number of carbonyl (C=O) groups is 1. The van der Waals surface area contributed by atoms with Crippen LogP contribution in [0.2, 0.25) is 0 Å². The molecule has 27 heavy (non-hydrogen) atoms. The molecular weight excluding hydrogens is 336 g/mol. The van der Waals surface area contributed by atoms with E-state index in [1.165, 1.54) is 37.7 Å². The summed E-state index contributed by atoms with van der Waals surface area (Å²) in [5, 5.41) is 4.50. The fourth-order valence-electron chi connectivity index (χ4n) is 3.32. The van der Waals surface area contributed by atoms with Crippen LogP contribution in [0.1, 0.15) is 86.1 Å². The zero-order valence-electron chi connectivity index (χ0n) is 17.4. The van der Waals surface area contributed by atoms with Gasteiger partial charge in [0.1, 0.15) is 5.75 Å². The monoisotopic (exact) mass is 370 g/mol. The molecule has 0 N–H and O–H groups in total. The minimum atomic E-state index is -0.0770. The first-order chi connectivity index (χ1) is 13.1. The molecule has 1 aromatic heterocycles. The molecule has 0 aliphatic rings. The maximum absolute atomic E-state index is 12.9. The molecular formula is C23H34N2O2. The van der Waals surface area contributed by atoms with Crippen LogP contribution in [0, 0.1) is 13.8 Å². The molecule has 2 aromatic rings. The van der Waals surface area contributed by atoms with Gasteiger partial charge in [-0.3, -0.25) is 4.79 Å². The van der Waals surface area contributed by atoms with Crippen LogP contribution in [0.5, 0.6) is 5.75 Å². The maximum atomic E-state index is 12.9. The van der Waals surface area contributed by atoms with Gasteiger partial charge < -0.3 is 4.74 Å². The highest BCUT2D eigenvalue weighted by Gasteiger charge is 2.17. The number of ether oxygens (including phenoxy) is 1. The summed E-state index contributed by atoms with van der Waals surface area (Å²) in [4.78, 5) is 12.9. The molecule has 0 bridgehead atoms. The fourth-order valence-corrected chi connectivity index (χ4v) is 3.32. The summed E-state index contributed by atoms with van der Waals surface area (Å²) in [7, 11) is 0. The number of aromatic nitrogens is 2. The molecule has 4 heteroatoms. The van der Waals surface area contributed by atoms with E-state index in [9.17, 15) is 4.79 Å². The predicted octanol–water partition coefficient (Wildman–Crippen LogP) is 5.88. The van der Waals surface area contributed by atoms with Crippen LogP contribution >= 0.6 is 0 Å². The molecule has 0 aliphatic heterocycles. The normalized spacial score (nSPS) is 11.0. The van der Waals surface area contributed by atoms with Crippen LogP contribution in [0.15, 0.2) is 24.3 Å². The van der Waals surface area contributed by atoms with Gasteiger partial charge in [0.25, 0.3) is 5.91 Å². The number of nitrogens with zero attached hydrogens (tertiary/aromatic N) is 2. The van der Waals surface area contributed by atoms with Crippen molar-refractivity contribution in [1.82, 2.24) is 9.78 Å². The number of carbonyl (C=O) groups excluding carboxylic acids is 1. The molecule has 4 nitrogen and oxygen atoms in total. The number of hydrogen-bond acceptors (Lipinski definition) is 3. The molecule has 148 valence electrons. The minimum absolute atomic E-state index is 0.0770. The van der Waals surface area contributed by atoms with Crippen LogP contribution in [-0.4, -0.2) is 22.3 Å². The second-order valence-electron chi connectivity index (χ2n) is 7.26. The summed E-state index contributed by atoms with van der Waals surface area (Å²) in [5.41, 5.74) is 3.77. The zero-order chi connectivity index (χ0) is 19.6. The number of rotatable bonds is 11. The third-order valence-corrected chi connectivity index (χ3v) is 5.03. The van der Waals surface area contributed by atoms with E-state index in [0.29, 0.717) is 5.56 Å². The SMILES string of the molecule is CCCCCCOc1ccc(C(=O)n2nc(C)c(CCCCC)c2C)cc1. The largest absolute Gasteiger partial charge is 0.494 e. The Morgan fingerprint density at radius 2 is 1.63 bits per heavy atom. The van der Waals surface area contributed by atoms with Crippen molar-refractivity contribution in [2.24, 2.45) is 0 Å². The van der Waals surface area contributed by atoms with Crippen molar-refractivity contribution in [3.63, 3.8) is 0 Å². The van der Waals surface area contributed by atoms with Crippen molar-refractivity contribution in [2.75, 3.05) is 6.61 Å². The third-order valence-electron chi connectivity index (χ3n) is 5.03. The predicted molar refractivity (Wildman–Crippen MR) is 111 cm³/mol. The van der Waals surface area contributed by atoms with Gasteiger partial charge >= 0.3 is 0 Å². The van der Waals surface area contributed by atoms with E-state index in [1.807, 2.05) is 38.1 Å². The molecule has 0 unspecified atom stereocenters. The second kappa shape index (κ2) is 10.9. The van der Waals surface area contributed by atoms with Crippen LogP contribution in [0.25, 0.3) is 0 Å². The molecule has 1 aromatic carbocycles. The highest BCUT2D eigenvalue weighted by Crippen LogP contribution is 2.19. The van der Waals surface area contributed by atoms with E-state index in [0.717, 1.165) is 43.0 Å². The van der Waals surface area contributed by atoms with Gasteiger partial charge in [0, 0.05) is 11.3 Å². The van der Waals surface area contributed by atoms with E-state index < -0.39 is 0 Å². The van der Waals surface area contributed by atoms with Crippen LogP contribution < -0.4 is 4.74 Å². The Morgan fingerprint density at radius 1 is 0.963 bits per heavy atom. The average Bonchev–Trinajstić information content (AvgIpc) is 2.96. The summed E-state index contributed by atoms with van der Waals surface area (Å²) in [5.74, 6) is 0.739. The van der Waals surface area contributed by atoms with E-state index in [1.54, 1.807) is 4.68 Å². The first-order valence-corrected chi connectivity index (χ1v) is 10.4. The molecule has 0 fully saturated rings. The summed E-state index contributed by atoms with van der Waals surface area (Å²) in [6.07, 6.45) is 9.28. The van der Waals surface area contributed by atoms with Crippen molar-refractivity contribution in [3.8, 4) is 5.75 Å². The van der Waals surface area contributed by atoms with Crippen LogP contribution in [0.3, 0.4) is 0 Å². The molecule has 0 atom stereocenters. The molecule has 0 aliphatic carbocycles. The van der Waals surface area contributed by atoms with E-state index in [-0.39, 0.29) is 5.91 Å². The zero-order valence-corrected chi connectivity index (χ0v) is 17.4. The molecule has 0 saturated carbocycles. The Kier molecular flexibility index (Phi) is 8.56. The molecule has 0 amide bonds. The quantitative estimate of drug-likeness (QED) is 0.464. The van der Waals surface area contributed by atoms with Crippen molar-refractivity contribution in [2.45, 2.75) is 79.1 Å². The van der Waals surface area contributed by atoms with Gasteiger partial charge in [-0.15, -0.1) is 0 Å². The Labute approximate surface area is 163 Å². The lowest BCUT2D eigenvalue weighted by molar-refractivity contribution is 0.0942. The van der Waals surface area contributed by atoms with Gasteiger partial charge in [-0.05, 0) is 62.9 Å². The van der Waals surface area contributed by atoms with E-state index in [4.69, 9.17) is 4.74 Å². The van der Waals surface area contributed by atoms with Gasteiger partial charge in [-0.2, -0.15) is 5.10 Å². The van der Waals surface area contributed by atoms with E-state index >= 15 is 0 Å². The van der Waals surface area contributed by atoms with Crippen molar-refractivity contribution in [1.29, 1.82) is 0 Å². The van der Waals surface area contributed by atoms with Gasteiger partial charge in [-0.25, -0.2) is 4.68 Å². The lowest BCUT2D eigenvalue weighted by atomic mass is 10.1. The molecule has 0 radical (unpaired) electrons. The highest BCUT2D eigenvalue weighted by atomic mass is 16.5. The van der Waals surface area contributed by atoms with Crippen molar-refractivity contribution >= 4 is 5.91 Å². The Hall–Kier alpha value is -2.10. The van der Waals surface area contributed by atoms with Crippen molar-refractivity contribution in [3.05, 3.63) is 46.8 Å². The van der Waals surface area contributed by atoms with E-state index in [2.05, 4.69) is 18.9 Å². The average molecular weight is 371 g/mol. The number of benzene rings is 1. The number of aryl methyl sites for hydroxylation is 1. The molecule has 1 heterocycles. The molecule has 0 saturated heterocycles. The summed E-state index contributed by atoms with van der Waals surface area (Å²) < 4.78 is 7.31. The first kappa shape index (κ1) is 21.2. The standard InChI is InChI=1S/C23H34N2O2/c1-5-7-9-11-17-27-21-15-13-20(14-16-21)23(26)25-19(4)22(18(3)24-25)12-10-8-6-2/h13-16H,5-12,17H2,1-4H3. The Balaban J connectivity index is 2.00. The van der Waals surface area contributed by atoms with Gasteiger partial charge in [0.15, 0.2) is 0 Å². The van der Waals surface area contributed by atoms with Gasteiger partial charge in [0.2, 0.25) is 0 Å². The Bertz CT molecular complexity index is 717. The lowest BCUT2D eigenvalue weighted by Gasteiger charge is -2.08. The van der Waals surface area contributed by atoms with Gasteiger partial charge in [-0.1, -0.05) is 46.0 Å². The minimum Gasteiger partial charge on any atom is -0.494 e. The first-order valence-electron chi connectivity index (χ1n) is 10.4. The topological polar surface area (TPSA) is 44.1 Å².